The molecule has 0 spiro atoms. The van der Waals surface area contributed by atoms with Crippen LogP contribution in [-0.2, 0) is 0 Å². The molecule has 4 nitrogen and oxygen atoms in total. The van der Waals surface area contributed by atoms with Crippen LogP contribution in [0.2, 0.25) is 0 Å². The van der Waals surface area contributed by atoms with Gasteiger partial charge in [0.05, 0.1) is 11.3 Å². The predicted octanol–water partition coefficient (Wildman–Crippen LogP) is 4.75. The first-order valence-electron chi connectivity index (χ1n) is 7.87. The number of hydrogen-bond acceptors (Lipinski definition) is 4. The number of aromatic nitrogens is 2. The standard InChI is InChI=1S/C20H17N3OS/c1-14(2)22-23-13-17(19(24)16-11-7-4-8-12-16)18(21-20(23)25)15-9-5-3-6-10-15/h3-13H,1-2H3. The minimum Gasteiger partial charge on any atom is -0.288 e. The molecule has 0 N–H and O–H groups in total. The van der Waals surface area contributed by atoms with Crippen LogP contribution >= 0.6 is 12.2 Å². The highest BCUT2D eigenvalue weighted by Gasteiger charge is 2.17. The Hall–Kier alpha value is -2.92. The van der Waals surface area contributed by atoms with Crippen LogP contribution in [0.4, 0.5) is 0 Å². The predicted molar refractivity (Wildman–Crippen MR) is 103 cm³/mol. The summed E-state index contributed by atoms with van der Waals surface area (Å²) in [6.07, 6.45) is 1.67. The van der Waals surface area contributed by atoms with Crippen LogP contribution in [0.1, 0.15) is 29.8 Å². The van der Waals surface area contributed by atoms with E-state index in [9.17, 15) is 4.79 Å². The molecule has 0 unspecified atom stereocenters. The molecule has 0 aliphatic heterocycles. The third-order valence-electron chi connectivity index (χ3n) is 3.55. The molecule has 0 aliphatic carbocycles. The molecule has 0 saturated carbocycles. The number of rotatable bonds is 4. The van der Waals surface area contributed by atoms with Gasteiger partial charge in [0.2, 0.25) is 4.77 Å². The van der Waals surface area contributed by atoms with Gasteiger partial charge in [0, 0.05) is 23.0 Å². The summed E-state index contributed by atoms with van der Waals surface area (Å²) in [5, 5.41) is 4.34. The SMILES string of the molecule is CC(C)=Nn1cc(C(=O)c2ccccc2)c(-c2ccccc2)nc1=S. The van der Waals surface area contributed by atoms with Gasteiger partial charge in [-0.3, -0.25) is 4.79 Å². The van der Waals surface area contributed by atoms with E-state index in [2.05, 4.69) is 10.1 Å². The molecule has 1 heterocycles. The lowest BCUT2D eigenvalue weighted by Crippen LogP contribution is -2.10. The maximum atomic E-state index is 13.1. The molecule has 0 amide bonds. The van der Waals surface area contributed by atoms with Gasteiger partial charge in [0.1, 0.15) is 0 Å². The van der Waals surface area contributed by atoms with Gasteiger partial charge >= 0.3 is 0 Å². The van der Waals surface area contributed by atoms with Gasteiger partial charge < -0.3 is 0 Å². The summed E-state index contributed by atoms with van der Waals surface area (Å²) in [6.45, 7) is 3.73. The molecule has 5 heteroatoms. The molecular weight excluding hydrogens is 330 g/mol. The van der Waals surface area contributed by atoms with E-state index in [1.54, 1.807) is 18.3 Å². The maximum Gasteiger partial charge on any atom is 0.220 e. The average Bonchev–Trinajstić information content (AvgIpc) is 2.63. The highest BCUT2D eigenvalue weighted by molar-refractivity contribution is 7.71. The number of carbonyl (C=O) groups is 1. The Balaban J connectivity index is 2.24. The van der Waals surface area contributed by atoms with Crippen molar-refractivity contribution in [2.24, 2.45) is 5.10 Å². The highest BCUT2D eigenvalue weighted by atomic mass is 32.1. The van der Waals surface area contributed by atoms with Gasteiger partial charge in [-0.2, -0.15) is 5.10 Å². The smallest absolute Gasteiger partial charge is 0.220 e. The van der Waals surface area contributed by atoms with E-state index < -0.39 is 0 Å². The molecular formula is C20H17N3OS. The van der Waals surface area contributed by atoms with Crippen molar-refractivity contribution >= 4 is 23.7 Å². The maximum absolute atomic E-state index is 13.1. The van der Waals surface area contributed by atoms with Crippen molar-refractivity contribution in [2.45, 2.75) is 13.8 Å². The van der Waals surface area contributed by atoms with Gasteiger partial charge in [-0.05, 0) is 26.1 Å². The van der Waals surface area contributed by atoms with E-state index in [-0.39, 0.29) is 5.78 Å². The second-order valence-corrected chi connectivity index (χ2v) is 6.10. The fourth-order valence-corrected chi connectivity index (χ4v) is 2.64. The average molecular weight is 347 g/mol. The van der Waals surface area contributed by atoms with Crippen LogP contribution < -0.4 is 0 Å². The fourth-order valence-electron chi connectivity index (χ4n) is 2.46. The van der Waals surface area contributed by atoms with Crippen LogP contribution in [-0.4, -0.2) is 21.2 Å². The first kappa shape index (κ1) is 16.9. The van der Waals surface area contributed by atoms with Gasteiger partial charge in [0.15, 0.2) is 5.78 Å². The Bertz CT molecular complexity index is 988. The van der Waals surface area contributed by atoms with E-state index in [1.165, 1.54) is 4.68 Å². The Morgan fingerprint density at radius 2 is 1.60 bits per heavy atom. The topological polar surface area (TPSA) is 47.2 Å². The zero-order valence-corrected chi connectivity index (χ0v) is 14.8. The van der Waals surface area contributed by atoms with Gasteiger partial charge in [-0.1, -0.05) is 60.7 Å². The normalized spacial score (nSPS) is 10.3. The summed E-state index contributed by atoms with van der Waals surface area (Å²) in [7, 11) is 0. The Kier molecular flexibility index (Phi) is 4.95. The van der Waals surface area contributed by atoms with E-state index in [1.807, 2.05) is 62.4 Å². The highest BCUT2D eigenvalue weighted by Crippen LogP contribution is 2.24. The van der Waals surface area contributed by atoms with E-state index >= 15 is 0 Å². The van der Waals surface area contributed by atoms with Crippen molar-refractivity contribution < 1.29 is 4.79 Å². The third kappa shape index (κ3) is 3.78. The number of hydrogen-bond donors (Lipinski definition) is 0. The molecule has 1 aromatic heterocycles. The van der Waals surface area contributed by atoms with Crippen LogP contribution in [0.3, 0.4) is 0 Å². The molecule has 0 atom stereocenters. The summed E-state index contributed by atoms with van der Waals surface area (Å²) in [5.74, 6) is -0.111. The van der Waals surface area contributed by atoms with Crippen LogP contribution in [0.5, 0.6) is 0 Å². The first-order valence-corrected chi connectivity index (χ1v) is 8.28. The number of carbonyl (C=O) groups excluding carboxylic acids is 1. The van der Waals surface area contributed by atoms with Crippen LogP contribution in [0.15, 0.2) is 72.0 Å². The van der Waals surface area contributed by atoms with Crippen LogP contribution in [0, 0.1) is 4.77 Å². The van der Waals surface area contributed by atoms with Gasteiger partial charge in [0.25, 0.3) is 0 Å². The summed E-state index contributed by atoms with van der Waals surface area (Å²) in [5.41, 5.74) is 3.30. The monoisotopic (exact) mass is 347 g/mol. The van der Waals surface area contributed by atoms with Crippen LogP contribution in [0.25, 0.3) is 11.3 Å². The Morgan fingerprint density at radius 3 is 2.20 bits per heavy atom. The molecule has 0 radical (unpaired) electrons. The molecule has 25 heavy (non-hydrogen) atoms. The van der Waals surface area contributed by atoms with Crippen molar-refractivity contribution in [3.8, 4) is 11.3 Å². The molecule has 0 aliphatic rings. The van der Waals surface area contributed by atoms with E-state index in [0.29, 0.717) is 21.6 Å². The molecule has 3 aromatic rings. The van der Waals surface area contributed by atoms with E-state index in [4.69, 9.17) is 12.2 Å². The molecule has 3 rings (SSSR count). The summed E-state index contributed by atoms with van der Waals surface area (Å²) >= 11 is 5.35. The lowest BCUT2D eigenvalue weighted by Gasteiger charge is -2.11. The second kappa shape index (κ2) is 7.32. The Morgan fingerprint density at radius 1 is 1.00 bits per heavy atom. The quantitative estimate of drug-likeness (QED) is 0.388. The summed E-state index contributed by atoms with van der Waals surface area (Å²) < 4.78 is 1.79. The lowest BCUT2D eigenvalue weighted by molar-refractivity contribution is 0.103. The summed E-state index contributed by atoms with van der Waals surface area (Å²) in [4.78, 5) is 17.5. The van der Waals surface area contributed by atoms with Crippen molar-refractivity contribution in [1.29, 1.82) is 0 Å². The number of benzene rings is 2. The van der Waals surface area contributed by atoms with Gasteiger partial charge in [-0.25, -0.2) is 9.66 Å². The minimum atomic E-state index is -0.111. The first-order chi connectivity index (χ1) is 12.1. The number of ketones is 1. The number of nitrogens with zero attached hydrogens (tertiary/aromatic N) is 3. The molecule has 124 valence electrons. The zero-order valence-electron chi connectivity index (χ0n) is 14.0. The van der Waals surface area contributed by atoms with Crippen molar-refractivity contribution in [1.82, 2.24) is 9.66 Å². The third-order valence-corrected chi connectivity index (χ3v) is 3.82. The molecule has 0 fully saturated rings. The second-order valence-electron chi connectivity index (χ2n) is 5.74. The Labute approximate surface area is 151 Å². The lowest BCUT2D eigenvalue weighted by atomic mass is 9.99. The molecule has 0 saturated heterocycles. The van der Waals surface area contributed by atoms with Gasteiger partial charge in [-0.15, -0.1) is 0 Å². The molecule has 2 aromatic carbocycles. The largest absolute Gasteiger partial charge is 0.288 e. The van der Waals surface area contributed by atoms with E-state index in [0.717, 1.165) is 11.3 Å². The zero-order chi connectivity index (χ0) is 17.8. The fraction of sp³-hybridized carbons (Fsp3) is 0.100. The summed E-state index contributed by atoms with van der Waals surface area (Å²) in [6, 6.07) is 18.7. The van der Waals surface area contributed by atoms with Crippen molar-refractivity contribution in [3.63, 3.8) is 0 Å². The van der Waals surface area contributed by atoms with Crippen molar-refractivity contribution in [3.05, 3.63) is 82.8 Å². The van der Waals surface area contributed by atoms with Crippen molar-refractivity contribution in [2.75, 3.05) is 0 Å². The minimum absolute atomic E-state index is 0.111. The molecule has 0 bridgehead atoms.